The Morgan fingerprint density at radius 1 is 1.27 bits per heavy atom. The first-order chi connectivity index (χ1) is 6.90. The van der Waals surface area contributed by atoms with Gasteiger partial charge in [0, 0.05) is 19.3 Å². The molecule has 0 aliphatic carbocycles. The van der Waals surface area contributed by atoms with Crippen LogP contribution in [0.15, 0.2) is 0 Å². The number of hydrogen-bond donors (Lipinski definition) is 1. The van der Waals surface area contributed by atoms with E-state index in [-0.39, 0.29) is 5.54 Å². The fraction of sp³-hybridized carbons (Fsp3) is 1.00. The number of rotatable bonds is 7. The van der Waals surface area contributed by atoms with Crippen molar-refractivity contribution in [3.8, 4) is 0 Å². The Kier molecular flexibility index (Phi) is 7.20. The lowest BCUT2D eigenvalue weighted by Gasteiger charge is -2.28. The topological polar surface area (TPSA) is 21.3 Å². The average molecular weight is 215 g/mol. The molecule has 1 N–H and O–H groups in total. The highest BCUT2D eigenvalue weighted by Gasteiger charge is 2.17. The van der Waals surface area contributed by atoms with Crippen LogP contribution < -0.4 is 5.32 Å². The zero-order valence-electron chi connectivity index (χ0n) is 11.4. The first-order valence-corrected chi connectivity index (χ1v) is 6.14. The van der Waals surface area contributed by atoms with E-state index in [1.165, 1.54) is 12.8 Å². The molecule has 2 heteroatoms. The van der Waals surface area contributed by atoms with Crippen LogP contribution in [0, 0.1) is 11.8 Å². The van der Waals surface area contributed by atoms with Gasteiger partial charge in [0.15, 0.2) is 0 Å². The molecule has 0 spiro atoms. The van der Waals surface area contributed by atoms with Crippen LogP contribution in [0.1, 0.15) is 47.5 Å². The van der Waals surface area contributed by atoms with E-state index in [2.05, 4.69) is 39.9 Å². The second kappa shape index (κ2) is 7.24. The Bertz CT molecular complexity index is 151. The highest BCUT2D eigenvalue weighted by atomic mass is 16.5. The zero-order chi connectivity index (χ0) is 11.9. The van der Waals surface area contributed by atoms with Gasteiger partial charge in [0.2, 0.25) is 0 Å². The van der Waals surface area contributed by atoms with E-state index >= 15 is 0 Å². The third kappa shape index (κ3) is 7.80. The van der Waals surface area contributed by atoms with E-state index in [9.17, 15) is 0 Å². The Balaban J connectivity index is 3.90. The highest BCUT2D eigenvalue weighted by Crippen LogP contribution is 2.19. The maximum absolute atomic E-state index is 5.13. The highest BCUT2D eigenvalue weighted by molar-refractivity contribution is 4.75. The minimum Gasteiger partial charge on any atom is -0.385 e. The van der Waals surface area contributed by atoms with Crippen LogP contribution in [-0.2, 0) is 4.74 Å². The summed E-state index contributed by atoms with van der Waals surface area (Å²) in [7, 11) is 1.78. The maximum atomic E-state index is 5.13. The van der Waals surface area contributed by atoms with Gasteiger partial charge in [-0.15, -0.1) is 0 Å². The molecule has 2 atom stereocenters. The summed E-state index contributed by atoms with van der Waals surface area (Å²) in [5.74, 6) is 1.50. The maximum Gasteiger partial charge on any atom is 0.0464 e. The molecule has 92 valence electrons. The summed E-state index contributed by atoms with van der Waals surface area (Å²) in [5, 5.41) is 3.59. The van der Waals surface area contributed by atoms with Crippen LogP contribution in [0.5, 0.6) is 0 Å². The summed E-state index contributed by atoms with van der Waals surface area (Å²) in [5.41, 5.74) is 0.231. The largest absolute Gasteiger partial charge is 0.385 e. The average Bonchev–Trinajstić information content (AvgIpc) is 2.13. The zero-order valence-corrected chi connectivity index (χ0v) is 11.4. The molecule has 2 nitrogen and oxygen atoms in total. The van der Waals surface area contributed by atoms with E-state index in [0.29, 0.717) is 0 Å². The van der Waals surface area contributed by atoms with E-state index in [0.717, 1.165) is 25.0 Å². The van der Waals surface area contributed by atoms with Crippen molar-refractivity contribution in [2.45, 2.75) is 53.0 Å². The fourth-order valence-corrected chi connectivity index (χ4v) is 1.72. The first-order valence-electron chi connectivity index (χ1n) is 6.14. The van der Waals surface area contributed by atoms with Gasteiger partial charge in [0.05, 0.1) is 0 Å². The molecule has 0 rings (SSSR count). The van der Waals surface area contributed by atoms with Crippen molar-refractivity contribution in [3.63, 3.8) is 0 Å². The van der Waals surface area contributed by atoms with Crippen LogP contribution >= 0.6 is 0 Å². The molecule has 0 amide bonds. The van der Waals surface area contributed by atoms with Gasteiger partial charge in [0.25, 0.3) is 0 Å². The number of methoxy groups -OCH3 is 1. The van der Waals surface area contributed by atoms with Gasteiger partial charge in [-0.1, -0.05) is 20.3 Å². The standard InChI is InChI=1S/C13H29NO/c1-7-12(10-14-13(3,4)5)11(2)8-9-15-6/h11-12,14H,7-10H2,1-6H3. The third-order valence-corrected chi connectivity index (χ3v) is 3.00. The minimum absolute atomic E-state index is 0.231. The quantitative estimate of drug-likeness (QED) is 0.704. The van der Waals surface area contributed by atoms with Gasteiger partial charge in [0.1, 0.15) is 0 Å². The van der Waals surface area contributed by atoms with Gasteiger partial charge >= 0.3 is 0 Å². The molecular weight excluding hydrogens is 186 g/mol. The lowest BCUT2D eigenvalue weighted by molar-refractivity contribution is 0.160. The van der Waals surface area contributed by atoms with Crippen molar-refractivity contribution in [3.05, 3.63) is 0 Å². The second-order valence-electron chi connectivity index (χ2n) is 5.56. The fourth-order valence-electron chi connectivity index (χ4n) is 1.72. The molecule has 0 aromatic heterocycles. The lowest BCUT2D eigenvalue weighted by Crippen LogP contribution is -2.40. The van der Waals surface area contributed by atoms with Gasteiger partial charge in [-0.3, -0.25) is 0 Å². The second-order valence-corrected chi connectivity index (χ2v) is 5.56. The normalized spacial score (nSPS) is 16.4. The van der Waals surface area contributed by atoms with Crippen molar-refractivity contribution >= 4 is 0 Å². The lowest BCUT2D eigenvalue weighted by atomic mass is 9.88. The Morgan fingerprint density at radius 3 is 2.27 bits per heavy atom. The summed E-state index contributed by atoms with van der Waals surface area (Å²) < 4.78 is 5.13. The van der Waals surface area contributed by atoms with Crippen LogP contribution in [0.3, 0.4) is 0 Å². The molecule has 2 unspecified atom stereocenters. The Labute approximate surface area is 95.8 Å². The molecule has 0 aromatic rings. The molecule has 0 heterocycles. The molecule has 0 saturated heterocycles. The first kappa shape index (κ1) is 14.9. The number of hydrogen-bond acceptors (Lipinski definition) is 2. The molecule has 0 aliphatic rings. The Hall–Kier alpha value is -0.0800. The van der Waals surface area contributed by atoms with Crippen LogP contribution in [0.4, 0.5) is 0 Å². The van der Waals surface area contributed by atoms with Crippen molar-refractivity contribution in [2.75, 3.05) is 20.3 Å². The van der Waals surface area contributed by atoms with E-state index in [1.807, 2.05) is 0 Å². The molecule has 0 saturated carbocycles. The molecule has 0 aromatic carbocycles. The SMILES string of the molecule is CCC(CNC(C)(C)C)C(C)CCOC. The van der Waals surface area contributed by atoms with E-state index in [1.54, 1.807) is 7.11 Å². The summed E-state index contributed by atoms with van der Waals surface area (Å²) in [6.45, 7) is 13.3. The monoisotopic (exact) mass is 215 g/mol. The molecular formula is C13H29NO. The van der Waals surface area contributed by atoms with Crippen LogP contribution in [0.25, 0.3) is 0 Å². The van der Waals surface area contributed by atoms with Crippen molar-refractivity contribution in [2.24, 2.45) is 11.8 Å². The van der Waals surface area contributed by atoms with E-state index in [4.69, 9.17) is 4.74 Å². The van der Waals surface area contributed by atoms with Crippen LogP contribution in [0.2, 0.25) is 0 Å². The van der Waals surface area contributed by atoms with E-state index < -0.39 is 0 Å². The minimum atomic E-state index is 0.231. The Morgan fingerprint density at radius 2 is 1.87 bits per heavy atom. The predicted octanol–water partition coefficient (Wildman–Crippen LogP) is 3.07. The van der Waals surface area contributed by atoms with Gasteiger partial charge in [-0.05, 0) is 45.6 Å². The molecule has 0 bridgehead atoms. The third-order valence-electron chi connectivity index (χ3n) is 3.00. The van der Waals surface area contributed by atoms with Crippen molar-refractivity contribution < 1.29 is 4.74 Å². The van der Waals surface area contributed by atoms with Crippen molar-refractivity contribution in [1.29, 1.82) is 0 Å². The van der Waals surface area contributed by atoms with Crippen LogP contribution in [-0.4, -0.2) is 25.8 Å². The number of nitrogens with one attached hydrogen (secondary N) is 1. The molecule has 0 aliphatic heterocycles. The van der Waals surface area contributed by atoms with Gasteiger partial charge in [-0.25, -0.2) is 0 Å². The number of ether oxygens (including phenoxy) is 1. The summed E-state index contributed by atoms with van der Waals surface area (Å²) in [4.78, 5) is 0. The molecule has 0 radical (unpaired) electrons. The summed E-state index contributed by atoms with van der Waals surface area (Å²) in [6, 6.07) is 0. The summed E-state index contributed by atoms with van der Waals surface area (Å²) >= 11 is 0. The van der Waals surface area contributed by atoms with Crippen molar-refractivity contribution in [1.82, 2.24) is 5.32 Å². The van der Waals surface area contributed by atoms with Gasteiger partial charge in [-0.2, -0.15) is 0 Å². The molecule has 15 heavy (non-hydrogen) atoms. The summed E-state index contributed by atoms with van der Waals surface area (Å²) in [6.07, 6.45) is 2.41. The van der Waals surface area contributed by atoms with Gasteiger partial charge < -0.3 is 10.1 Å². The smallest absolute Gasteiger partial charge is 0.0464 e. The predicted molar refractivity (Wildman–Crippen MR) is 67.2 cm³/mol. The molecule has 0 fully saturated rings.